The zero-order chi connectivity index (χ0) is 7.84. The number of hydrogen-bond acceptors (Lipinski definition) is 3. The van der Waals surface area contributed by atoms with Gasteiger partial charge >= 0.3 is 29.6 Å². The number of fused-ring (bicyclic) bond motifs is 1. The van der Waals surface area contributed by atoms with Gasteiger partial charge in [-0.3, -0.25) is 4.79 Å². The average molecular weight is 237 g/mol. The molecule has 0 fully saturated rings. The van der Waals surface area contributed by atoms with E-state index in [1.807, 2.05) is 0 Å². The fourth-order valence-corrected chi connectivity index (χ4v) is 1.16. The fraction of sp³-hybridized carbons (Fsp3) is 0. The summed E-state index contributed by atoms with van der Waals surface area (Å²) in [5, 5.41) is 13.8. The molecule has 56 valence electrons. The molecule has 0 radical (unpaired) electrons. The quantitative estimate of drug-likeness (QED) is 0.497. The maximum absolute atomic E-state index is 11.0. The van der Waals surface area contributed by atoms with E-state index < -0.39 is 0 Å². The van der Waals surface area contributed by atoms with Crippen molar-refractivity contribution in [2.45, 2.75) is 0 Å². The molecular formula is C5H2BrN4NaO. The van der Waals surface area contributed by atoms with Gasteiger partial charge in [-0.2, -0.15) is 5.10 Å². The Kier molecular flexibility index (Phi) is 3.05. The van der Waals surface area contributed by atoms with Crippen LogP contribution in [0, 0.1) is 0 Å². The predicted octanol–water partition coefficient (Wildman–Crippen LogP) is -2.96. The van der Waals surface area contributed by atoms with E-state index in [1.54, 1.807) is 0 Å². The van der Waals surface area contributed by atoms with Crippen molar-refractivity contribution in [1.82, 2.24) is 20.4 Å². The van der Waals surface area contributed by atoms with Crippen LogP contribution in [0.3, 0.4) is 0 Å². The van der Waals surface area contributed by atoms with E-state index in [4.69, 9.17) is 0 Å². The van der Waals surface area contributed by atoms with Gasteiger partial charge in [-0.15, -0.1) is 0 Å². The van der Waals surface area contributed by atoms with Gasteiger partial charge in [0.1, 0.15) is 5.52 Å². The number of nitrogens with zero attached hydrogens (tertiary/aromatic N) is 3. The van der Waals surface area contributed by atoms with E-state index in [1.165, 1.54) is 6.20 Å². The maximum atomic E-state index is 11.0. The molecule has 0 aromatic carbocycles. The number of halogens is 1. The van der Waals surface area contributed by atoms with Gasteiger partial charge in [-0.05, 0) is 0 Å². The largest absolute Gasteiger partial charge is 1.00 e. The standard InChI is InChI=1S/C5H3BrN4O.Na/c6-4-2-1-7-10-5(11)3(2)8-9-4;/h1H,(H2,7,8,9,10,11);/q;+1/p-1. The molecule has 2 aromatic rings. The van der Waals surface area contributed by atoms with Gasteiger partial charge in [0.2, 0.25) is 0 Å². The van der Waals surface area contributed by atoms with Crippen LogP contribution < -0.4 is 40.2 Å². The van der Waals surface area contributed by atoms with Gasteiger partial charge < -0.3 is 10.2 Å². The Labute approximate surface area is 97.4 Å². The molecule has 2 rings (SSSR count). The summed E-state index contributed by atoms with van der Waals surface area (Å²) in [6.07, 6.45) is 1.50. The number of aromatic amines is 1. The van der Waals surface area contributed by atoms with E-state index in [9.17, 15) is 4.79 Å². The van der Waals surface area contributed by atoms with Crippen molar-refractivity contribution in [2.75, 3.05) is 0 Å². The summed E-state index contributed by atoms with van der Waals surface area (Å²) in [4.78, 5) is 11.0. The van der Waals surface area contributed by atoms with Crippen molar-refractivity contribution in [3.8, 4) is 0 Å². The molecule has 0 saturated heterocycles. The number of aromatic nitrogens is 4. The summed E-state index contributed by atoms with van der Waals surface area (Å²) < 4.78 is 0.547. The van der Waals surface area contributed by atoms with Crippen LogP contribution in [0.25, 0.3) is 10.9 Å². The number of hydrogen-bond donors (Lipinski definition) is 1. The summed E-state index contributed by atoms with van der Waals surface area (Å²) in [5.74, 6) is 0. The predicted molar refractivity (Wildman–Crippen MR) is 41.2 cm³/mol. The Balaban J connectivity index is 0.000000720. The molecule has 7 heteroatoms. The fourth-order valence-electron chi connectivity index (χ4n) is 0.790. The SMILES string of the molecule is O=c1[nH]ncc2c(Br)[n-]nc12.[Na+]. The Morgan fingerprint density at radius 3 is 3.00 bits per heavy atom. The summed E-state index contributed by atoms with van der Waals surface area (Å²) in [5.41, 5.74) is -0.00687. The van der Waals surface area contributed by atoms with Crippen molar-refractivity contribution in [2.24, 2.45) is 0 Å². The van der Waals surface area contributed by atoms with Crippen LogP contribution >= 0.6 is 15.9 Å². The van der Waals surface area contributed by atoms with Crippen molar-refractivity contribution in [1.29, 1.82) is 0 Å². The molecule has 0 spiro atoms. The molecule has 0 aliphatic carbocycles. The van der Waals surface area contributed by atoms with E-state index in [0.717, 1.165) is 0 Å². The van der Waals surface area contributed by atoms with E-state index >= 15 is 0 Å². The molecular weight excluding hydrogens is 235 g/mol. The van der Waals surface area contributed by atoms with Crippen LogP contribution in [0.4, 0.5) is 0 Å². The van der Waals surface area contributed by atoms with E-state index in [2.05, 4.69) is 36.3 Å². The minimum Gasteiger partial charge on any atom is -0.568 e. The zero-order valence-corrected chi connectivity index (χ0v) is 9.79. The van der Waals surface area contributed by atoms with Crippen LogP contribution in [0.15, 0.2) is 15.6 Å². The first-order valence-electron chi connectivity index (χ1n) is 2.81. The van der Waals surface area contributed by atoms with Crippen molar-refractivity contribution >= 4 is 26.8 Å². The molecule has 0 amide bonds. The molecule has 0 atom stereocenters. The molecule has 0 saturated carbocycles. The summed E-state index contributed by atoms with van der Waals surface area (Å²) >= 11 is 3.13. The van der Waals surface area contributed by atoms with Crippen LogP contribution in [-0.2, 0) is 0 Å². The first kappa shape index (κ1) is 9.91. The van der Waals surface area contributed by atoms with Gasteiger partial charge in [0.05, 0.1) is 6.20 Å². The Hall–Kier alpha value is -0.170. The number of nitrogens with one attached hydrogen (secondary N) is 1. The Bertz CT molecular complexity index is 450. The second-order valence-electron chi connectivity index (χ2n) is 1.95. The van der Waals surface area contributed by atoms with Crippen molar-refractivity contribution in [3.05, 3.63) is 21.2 Å². The molecule has 12 heavy (non-hydrogen) atoms. The van der Waals surface area contributed by atoms with E-state index in [0.29, 0.717) is 15.5 Å². The van der Waals surface area contributed by atoms with Crippen LogP contribution in [0.1, 0.15) is 0 Å². The normalized spacial score (nSPS) is 9.75. The molecule has 2 heterocycles. The van der Waals surface area contributed by atoms with Gasteiger partial charge in [0.15, 0.2) is 0 Å². The molecule has 5 nitrogen and oxygen atoms in total. The van der Waals surface area contributed by atoms with Gasteiger partial charge in [-0.1, -0.05) is 20.5 Å². The third kappa shape index (κ3) is 1.47. The smallest absolute Gasteiger partial charge is 0.568 e. The monoisotopic (exact) mass is 236 g/mol. The first-order chi connectivity index (χ1) is 5.29. The van der Waals surface area contributed by atoms with Crippen LogP contribution in [0.5, 0.6) is 0 Å². The van der Waals surface area contributed by atoms with Gasteiger partial charge in [0.25, 0.3) is 5.56 Å². The average Bonchev–Trinajstić information content (AvgIpc) is 2.35. The van der Waals surface area contributed by atoms with Crippen LogP contribution in [0.2, 0.25) is 0 Å². The number of H-pyrrole nitrogens is 1. The second kappa shape index (κ2) is 3.69. The number of rotatable bonds is 0. The Morgan fingerprint density at radius 2 is 2.33 bits per heavy atom. The summed E-state index contributed by atoms with van der Waals surface area (Å²) in [6, 6.07) is 0. The maximum Gasteiger partial charge on any atom is 1.00 e. The van der Waals surface area contributed by atoms with Crippen molar-refractivity contribution in [3.63, 3.8) is 0 Å². The summed E-state index contributed by atoms with van der Waals surface area (Å²) in [6.45, 7) is 0. The first-order valence-corrected chi connectivity index (χ1v) is 3.60. The van der Waals surface area contributed by atoms with Crippen LogP contribution in [-0.4, -0.2) is 15.3 Å². The molecule has 2 aromatic heterocycles. The molecule has 1 N–H and O–H groups in total. The minimum atomic E-state index is -0.319. The summed E-state index contributed by atoms with van der Waals surface area (Å²) in [7, 11) is 0. The third-order valence-corrected chi connectivity index (χ3v) is 1.88. The molecule has 0 aliphatic heterocycles. The molecule has 0 aliphatic rings. The minimum absolute atomic E-state index is 0. The van der Waals surface area contributed by atoms with Gasteiger partial charge in [-0.25, -0.2) is 5.10 Å². The van der Waals surface area contributed by atoms with Crippen molar-refractivity contribution < 1.29 is 29.6 Å². The zero-order valence-electron chi connectivity index (χ0n) is 6.21. The molecule has 0 unspecified atom stereocenters. The van der Waals surface area contributed by atoms with Gasteiger partial charge in [0, 0.05) is 5.39 Å². The Morgan fingerprint density at radius 1 is 1.58 bits per heavy atom. The molecule has 0 bridgehead atoms. The third-order valence-electron chi connectivity index (χ3n) is 1.29. The topological polar surface area (TPSA) is 72.7 Å². The second-order valence-corrected chi connectivity index (χ2v) is 2.70. The van der Waals surface area contributed by atoms with E-state index in [-0.39, 0.29) is 35.1 Å².